The van der Waals surface area contributed by atoms with Gasteiger partial charge in [-0.2, -0.15) is 5.26 Å². The van der Waals surface area contributed by atoms with E-state index in [4.69, 9.17) is 0 Å². The van der Waals surface area contributed by atoms with Crippen LogP contribution in [-0.4, -0.2) is 16.6 Å². The second-order valence-electron chi connectivity index (χ2n) is 6.65. The molecule has 4 rings (SSSR count). The highest BCUT2D eigenvalue weighted by atomic mass is 127. The lowest BCUT2D eigenvalue weighted by Gasteiger charge is -2.12. The predicted octanol–water partition coefficient (Wildman–Crippen LogP) is 6.82. The Morgan fingerprint density at radius 1 is 1.16 bits per heavy atom. The van der Waals surface area contributed by atoms with Gasteiger partial charge < -0.3 is 5.32 Å². The Labute approximate surface area is 206 Å². The van der Waals surface area contributed by atoms with Crippen LogP contribution in [0.4, 0.5) is 10.1 Å². The summed E-state index contributed by atoms with van der Waals surface area (Å²) >= 11 is 4.91. The van der Waals surface area contributed by atoms with Crippen LogP contribution in [-0.2, 0) is 4.79 Å². The Morgan fingerprint density at radius 2 is 1.94 bits per heavy atom. The molecule has 0 bridgehead atoms. The topological polar surface area (TPSA) is 65.8 Å². The number of hydrogen-bond donors (Lipinski definition) is 1. The van der Waals surface area contributed by atoms with E-state index < -0.39 is 0 Å². The molecule has 0 aliphatic heterocycles. The van der Waals surface area contributed by atoms with E-state index in [1.807, 2.05) is 47.8 Å². The lowest BCUT2D eigenvalue weighted by molar-refractivity contribution is -0.113. The zero-order valence-electron chi connectivity index (χ0n) is 16.5. The second-order valence-corrected chi connectivity index (χ2v) is 9.72. The monoisotopic (exact) mass is 571 g/mol. The number of carbonyl (C=O) groups is 1. The van der Waals surface area contributed by atoms with Crippen molar-refractivity contribution in [2.45, 2.75) is 5.03 Å². The van der Waals surface area contributed by atoms with Crippen molar-refractivity contribution in [3.05, 3.63) is 87.1 Å². The fourth-order valence-electron chi connectivity index (χ4n) is 3.02. The number of amides is 1. The van der Waals surface area contributed by atoms with Crippen molar-refractivity contribution in [3.8, 4) is 27.8 Å². The van der Waals surface area contributed by atoms with Gasteiger partial charge in [-0.3, -0.25) is 4.79 Å². The maximum absolute atomic E-state index is 13.5. The molecule has 2 heterocycles. The zero-order valence-corrected chi connectivity index (χ0v) is 20.3. The maximum Gasteiger partial charge on any atom is 0.234 e. The molecular weight excluding hydrogens is 556 g/mol. The first-order valence-electron chi connectivity index (χ1n) is 9.47. The molecule has 158 valence electrons. The molecule has 0 fully saturated rings. The van der Waals surface area contributed by atoms with Gasteiger partial charge in [0, 0.05) is 9.13 Å². The molecule has 0 radical (unpaired) electrons. The van der Waals surface area contributed by atoms with Crippen LogP contribution in [0.5, 0.6) is 0 Å². The molecule has 0 aliphatic carbocycles. The number of para-hydroxylation sites is 1. The van der Waals surface area contributed by atoms with Gasteiger partial charge in [-0.1, -0.05) is 42.1 Å². The summed E-state index contributed by atoms with van der Waals surface area (Å²) in [5.74, 6) is -0.431. The van der Waals surface area contributed by atoms with E-state index in [-0.39, 0.29) is 17.5 Å². The van der Waals surface area contributed by atoms with E-state index in [1.165, 1.54) is 35.2 Å². The fourth-order valence-corrected chi connectivity index (χ4v) is 5.04. The summed E-state index contributed by atoms with van der Waals surface area (Å²) < 4.78 is 14.4. The average molecular weight is 571 g/mol. The van der Waals surface area contributed by atoms with E-state index in [2.05, 4.69) is 39.0 Å². The number of anilines is 1. The van der Waals surface area contributed by atoms with Crippen LogP contribution in [0.25, 0.3) is 21.7 Å². The number of hydrogen-bond acceptors (Lipinski definition) is 5. The molecule has 32 heavy (non-hydrogen) atoms. The summed E-state index contributed by atoms with van der Waals surface area (Å²) in [5, 5.41) is 15.2. The molecular formula is C24H15FIN3OS2. The van der Waals surface area contributed by atoms with Gasteiger partial charge in [0.2, 0.25) is 5.91 Å². The molecule has 4 aromatic rings. The number of nitriles is 1. The molecule has 0 spiro atoms. The lowest BCUT2D eigenvalue weighted by Crippen LogP contribution is -2.15. The Bertz CT molecular complexity index is 1300. The van der Waals surface area contributed by atoms with E-state index in [1.54, 1.807) is 12.1 Å². The molecule has 0 saturated heterocycles. The minimum Gasteiger partial charge on any atom is -0.324 e. The molecule has 1 N–H and O–H groups in total. The molecule has 4 nitrogen and oxygen atoms in total. The highest BCUT2D eigenvalue weighted by Gasteiger charge is 2.18. The van der Waals surface area contributed by atoms with Crippen LogP contribution in [0.15, 0.2) is 77.1 Å². The first kappa shape index (κ1) is 22.5. The lowest BCUT2D eigenvalue weighted by atomic mass is 10.0. The van der Waals surface area contributed by atoms with Crippen LogP contribution in [0, 0.1) is 20.7 Å². The van der Waals surface area contributed by atoms with Gasteiger partial charge >= 0.3 is 0 Å². The highest BCUT2D eigenvalue weighted by Crippen LogP contribution is 2.35. The normalized spacial score (nSPS) is 10.5. The van der Waals surface area contributed by atoms with Gasteiger partial charge in [0.15, 0.2) is 0 Å². The van der Waals surface area contributed by atoms with Crippen molar-refractivity contribution >= 4 is 57.3 Å². The first-order valence-corrected chi connectivity index (χ1v) is 12.4. The molecule has 2 aromatic heterocycles. The van der Waals surface area contributed by atoms with Crippen molar-refractivity contribution in [2.24, 2.45) is 0 Å². The average Bonchev–Trinajstić information content (AvgIpc) is 3.34. The van der Waals surface area contributed by atoms with E-state index in [9.17, 15) is 14.4 Å². The molecule has 0 atom stereocenters. The summed E-state index contributed by atoms with van der Waals surface area (Å²) in [5.41, 5.74) is 3.19. The molecule has 2 aromatic carbocycles. The first-order chi connectivity index (χ1) is 15.5. The number of carbonyl (C=O) groups excluding carboxylic acids is 1. The van der Waals surface area contributed by atoms with Gasteiger partial charge in [-0.25, -0.2) is 9.37 Å². The maximum atomic E-state index is 13.5. The number of aromatic nitrogens is 1. The van der Waals surface area contributed by atoms with Gasteiger partial charge in [-0.05, 0) is 69.9 Å². The highest BCUT2D eigenvalue weighted by molar-refractivity contribution is 14.1. The summed E-state index contributed by atoms with van der Waals surface area (Å²) in [7, 11) is 0. The van der Waals surface area contributed by atoms with Crippen molar-refractivity contribution in [3.63, 3.8) is 0 Å². The number of rotatable bonds is 6. The quantitative estimate of drug-likeness (QED) is 0.204. The number of nitrogens with zero attached hydrogens (tertiary/aromatic N) is 2. The summed E-state index contributed by atoms with van der Waals surface area (Å²) in [6.45, 7) is 0. The van der Waals surface area contributed by atoms with Gasteiger partial charge in [0.1, 0.15) is 16.9 Å². The van der Waals surface area contributed by atoms with E-state index in [0.29, 0.717) is 27.4 Å². The molecule has 0 saturated carbocycles. The fraction of sp³-hybridized carbons (Fsp3) is 0.0417. The molecule has 1 amide bonds. The standard InChI is InChI=1S/C24H15FIN3OS2/c25-16-9-7-15(8-10-16)17-12-21(22-6-3-11-31-22)29-24(18(17)13-27)32-14-23(30)28-20-5-2-1-4-19(20)26/h1-12H,14H2,(H,28,30). The minimum absolute atomic E-state index is 0.101. The third kappa shape index (κ3) is 5.18. The van der Waals surface area contributed by atoms with E-state index >= 15 is 0 Å². The molecule has 8 heteroatoms. The molecule has 0 aliphatic rings. The third-order valence-corrected chi connectivity index (χ3v) is 7.32. The SMILES string of the molecule is N#Cc1c(-c2ccc(F)cc2)cc(-c2cccs2)nc1SCC(=O)Nc1ccccc1I. The number of thiophene rings is 1. The van der Waals surface area contributed by atoms with Crippen molar-refractivity contribution in [1.29, 1.82) is 5.26 Å². The van der Waals surface area contributed by atoms with Crippen LogP contribution < -0.4 is 5.32 Å². The zero-order chi connectivity index (χ0) is 22.5. The van der Waals surface area contributed by atoms with Gasteiger partial charge in [0.25, 0.3) is 0 Å². The van der Waals surface area contributed by atoms with Crippen molar-refractivity contribution < 1.29 is 9.18 Å². The second kappa shape index (κ2) is 10.3. The van der Waals surface area contributed by atoms with E-state index in [0.717, 1.165) is 14.1 Å². The Morgan fingerprint density at radius 3 is 2.62 bits per heavy atom. The van der Waals surface area contributed by atoms with Crippen LogP contribution >= 0.6 is 45.7 Å². The van der Waals surface area contributed by atoms with Crippen LogP contribution in [0.1, 0.15) is 5.56 Å². The largest absolute Gasteiger partial charge is 0.324 e. The number of halogens is 2. The number of thioether (sulfide) groups is 1. The summed E-state index contributed by atoms with van der Waals surface area (Å²) in [6, 6.07) is 21.5. The number of pyridine rings is 1. The van der Waals surface area contributed by atoms with Crippen LogP contribution in [0.2, 0.25) is 0 Å². The Hall–Kier alpha value is -2.74. The molecule has 0 unspecified atom stereocenters. The van der Waals surface area contributed by atoms with Gasteiger partial charge in [0.05, 0.1) is 27.6 Å². The van der Waals surface area contributed by atoms with Gasteiger partial charge in [-0.15, -0.1) is 11.3 Å². The number of nitrogens with one attached hydrogen (secondary N) is 1. The third-order valence-electron chi connectivity index (χ3n) is 4.51. The van der Waals surface area contributed by atoms with Crippen LogP contribution in [0.3, 0.4) is 0 Å². The van der Waals surface area contributed by atoms with Crippen molar-refractivity contribution in [1.82, 2.24) is 4.98 Å². The summed E-state index contributed by atoms with van der Waals surface area (Å²) in [4.78, 5) is 18.2. The van der Waals surface area contributed by atoms with Crippen molar-refractivity contribution in [2.75, 3.05) is 11.1 Å². The summed E-state index contributed by atoms with van der Waals surface area (Å²) in [6.07, 6.45) is 0. The predicted molar refractivity (Wildman–Crippen MR) is 136 cm³/mol. The number of benzene rings is 2. The smallest absolute Gasteiger partial charge is 0.234 e. The Kier molecular flexibility index (Phi) is 7.19. The minimum atomic E-state index is -0.346. The Balaban J connectivity index is 1.67.